The van der Waals surface area contributed by atoms with E-state index in [1.165, 1.54) is 12.1 Å². The van der Waals surface area contributed by atoms with Crippen molar-refractivity contribution in [3.05, 3.63) is 60.7 Å². The van der Waals surface area contributed by atoms with Crippen LogP contribution < -0.4 is 10.1 Å². The maximum Gasteiger partial charge on any atom is 0.119 e. The summed E-state index contributed by atoms with van der Waals surface area (Å²) < 4.78 is 5.69. The van der Waals surface area contributed by atoms with Crippen LogP contribution in [-0.4, -0.2) is 48.4 Å². The minimum Gasteiger partial charge on any atom is -0.491 e. The van der Waals surface area contributed by atoms with E-state index in [4.69, 9.17) is 4.74 Å². The summed E-state index contributed by atoms with van der Waals surface area (Å²) in [6.07, 6.45) is 0.880. The highest BCUT2D eigenvalue weighted by molar-refractivity contribution is 5.42. The predicted octanol–water partition coefficient (Wildman–Crippen LogP) is 2.86. The number of nitrogens with zero attached hydrogens (tertiary/aromatic N) is 1. The minimum absolute atomic E-state index is 0.342. The Hall–Kier alpha value is -2.04. The van der Waals surface area contributed by atoms with Gasteiger partial charge in [0.2, 0.25) is 0 Å². The molecular formula is C21H26N2O2. The largest absolute Gasteiger partial charge is 0.491 e. The molecule has 1 aliphatic heterocycles. The van der Waals surface area contributed by atoms with Crippen molar-refractivity contribution in [3.63, 3.8) is 0 Å². The van der Waals surface area contributed by atoms with Gasteiger partial charge in [0.05, 0.1) is 0 Å². The van der Waals surface area contributed by atoms with Crippen molar-refractivity contribution in [2.24, 2.45) is 11.8 Å². The zero-order valence-electron chi connectivity index (χ0n) is 14.4. The second kappa shape index (κ2) is 7.46. The fourth-order valence-corrected chi connectivity index (χ4v) is 3.96. The molecule has 2 aromatic carbocycles. The highest BCUT2D eigenvalue weighted by Gasteiger charge is 2.52. The van der Waals surface area contributed by atoms with Crippen LogP contribution in [0.15, 0.2) is 60.7 Å². The molecule has 4 heteroatoms. The van der Waals surface area contributed by atoms with Gasteiger partial charge in [-0.2, -0.15) is 0 Å². The fraction of sp³-hybridized carbons (Fsp3) is 0.429. The Labute approximate surface area is 149 Å². The molecule has 1 heterocycles. The Morgan fingerprint density at radius 3 is 2.56 bits per heavy atom. The number of β-amino-alcohol motifs (C(OH)–C–C–N with tert-alkyl or cyclic N) is 1. The smallest absolute Gasteiger partial charge is 0.119 e. The van der Waals surface area contributed by atoms with Gasteiger partial charge in [0.15, 0.2) is 0 Å². The summed E-state index contributed by atoms with van der Waals surface area (Å²) in [5.74, 6) is 2.43. The number of rotatable bonds is 8. The third-order valence-electron chi connectivity index (χ3n) is 5.33. The SMILES string of the molecule is OC(COc1ccccc1)CN1CC2CC2C1CNc1ccccc1. The molecule has 4 rings (SSSR count). The third kappa shape index (κ3) is 4.14. The Morgan fingerprint density at radius 2 is 1.80 bits per heavy atom. The van der Waals surface area contributed by atoms with Crippen molar-refractivity contribution in [2.45, 2.75) is 18.6 Å². The molecule has 2 aromatic rings. The number of aliphatic hydroxyl groups is 1. The Kier molecular flexibility index (Phi) is 4.90. The van der Waals surface area contributed by atoms with Crippen LogP contribution in [0.1, 0.15) is 6.42 Å². The van der Waals surface area contributed by atoms with Crippen LogP contribution in [0, 0.1) is 11.8 Å². The van der Waals surface area contributed by atoms with Crippen molar-refractivity contribution in [3.8, 4) is 5.75 Å². The van der Waals surface area contributed by atoms with E-state index in [1.807, 2.05) is 36.4 Å². The molecule has 0 radical (unpaired) electrons. The minimum atomic E-state index is -0.461. The predicted molar refractivity (Wildman–Crippen MR) is 99.8 cm³/mol. The first kappa shape index (κ1) is 16.4. The maximum absolute atomic E-state index is 10.4. The second-order valence-corrected chi connectivity index (χ2v) is 7.21. The molecule has 1 saturated heterocycles. The van der Waals surface area contributed by atoms with E-state index in [0.29, 0.717) is 19.2 Å². The molecule has 1 aliphatic carbocycles. The van der Waals surface area contributed by atoms with Crippen molar-refractivity contribution >= 4 is 5.69 Å². The first-order chi connectivity index (χ1) is 12.3. The van der Waals surface area contributed by atoms with E-state index in [0.717, 1.165) is 30.7 Å². The number of nitrogens with one attached hydrogen (secondary N) is 1. The van der Waals surface area contributed by atoms with Crippen LogP contribution in [-0.2, 0) is 0 Å². The van der Waals surface area contributed by atoms with Gasteiger partial charge in [-0.05, 0) is 42.5 Å². The average Bonchev–Trinajstić information content (AvgIpc) is 3.33. The van der Waals surface area contributed by atoms with Crippen LogP contribution >= 0.6 is 0 Å². The van der Waals surface area contributed by atoms with E-state index < -0.39 is 6.10 Å². The van der Waals surface area contributed by atoms with Gasteiger partial charge < -0.3 is 15.2 Å². The molecule has 0 bridgehead atoms. The summed E-state index contributed by atoms with van der Waals surface area (Å²) in [5.41, 5.74) is 1.17. The first-order valence-corrected chi connectivity index (χ1v) is 9.18. The Balaban J connectivity index is 1.27. The van der Waals surface area contributed by atoms with Crippen LogP contribution in [0.25, 0.3) is 0 Å². The fourth-order valence-electron chi connectivity index (χ4n) is 3.96. The molecule has 0 spiro atoms. The van der Waals surface area contributed by atoms with Crippen LogP contribution in [0.5, 0.6) is 5.75 Å². The number of hydrogen-bond acceptors (Lipinski definition) is 4. The molecule has 2 aliphatic rings. The van der Waals surface area contributed by atoms with E-state index in [1.54, 1.807) is 0 Å². The molecule has 2 N–H and O–H groups in total. The van der Waals surface area contributed by atoms with Gasteiger partial charge in [-0.1, -0.05) is 36.4 Å². The lowest BCUT2D eigenvalue weighted by Crippen LogP contribution is -2.43. The third-order valence-corrected chi connectivity index (χ3v) is 5.33. The quantitative estimate of drug-likeness (QED) is 0.777. The van der Waals surface area contributed by atoms with Gasteiger partial charge >= 0.3 is 0 Å². The lowest BCUT2D eigenvalue weighted by molar-refractivity contribution is 0.0598. The first-order valence-electron chi connectivity index (χ1n) is 9.18. The molecule has 4 unspecified atom stereocenters. The highest BCUT2D eigenvalue weighted by atomic mass is 16.5. The number of piperidine rings is 1. The van der Waals surface area contributed by atoms with E-state index in [9.17, 15) is 5.11 Å². The topological polar surface area (TPSA) is 44.7 Å². The molecule has 25 heavy (non-hydrogen) atoms. The van der Waals surface area contributed by atoms with Crippen molar-refractivity contribution in [1.29, 1.82) is 0 Å². The van der Waals surface area contributed by atoms with Gasteiger partial charge in [-0.25, -0.2) is 0 Å². The van der Waals surface area contributed by atoms with E-state index in [2.05, 4.69) is 34.5 Å². The normalized spacial score (nSPS) is 26.0. The average molecular weight is 338 g/mol. The van der Waals surface area contributed by atoms with Crippen molar-refractivity contribution < 1.29 is 9.84 Å². The van der Waals surface area contributed by atoms with Gasteiger partial charge in [-0.3, -0.25) is 4.90 Å². The number of fused-ring (bicyclic) bond motifs is 1. The van der Waals surface area contributed by atoms with Crippen LogP contribution in [0.4, 0.5) is 5.69 Å². The maximum atomic E-state index is 10.4. The zero-order chi connectivity index (χ0) is 17.1. The summed E-state index contributed by atoms with van der Waals surface area (Å²) in [5, 5.41) is 13.9. The number of hydrogen-bond donors (Lipinski definition) is 2. The van der Waals surface area contributed by atoms with Crippen molar-refractivity contribution in [1.82, 2.24) is 4.90 Å². The number of para-hydroxylation sites is 2. The van der Waals surface area contributed by atoms with E-state index in [-0.39, 0.29) is 0 Å². The van der Waals surface area contributed by atoms with Crippen molar-refractivity contribution in [2.75, 3.05) is 31.6 Å². The Morgan fingerprint density at radius 1 is 1.08 bits per heavy atom. The van der Waals surface area contributed by atoms with Gasteiger partial charge in [-0.15, -0.1) is 0 Å². The molecular weight excluding hydrogens is 312 g/mol. The summed E-state index contributed by atoms with van der Waals surface area (Å²) in [6.45, 7) is 3.07. The van der Waals surface area contributed by atoms with Gasteiger partial charge in [0.25, 0.3) is 0 Å². The molecule has 4 nitrogen and oxygen atoms in total. The number of likely N-dealkylation sites (tertiary alicyclic amines) is 1. The summed E-state index contributed by atoms with van der Waals surface area (Å²) in [7, 11) is 0. The molecule has 2 fully saturated rings. The molecule has 4 atom stereocenters. The lowest BCUT2D eigenvalue weighted by Gasteiger charge is -2.29. The zero-order valence-corrected chi connectivity index (χ0v) is 14.4. The number of aliphatic hydroxyl groups excluding tert-OH is 1. The molecule has 132 valence electrons. The number of ether oxygens (including phenoxy) is 1. The number of anilines is 1. The second-order valence-electron chi connectivity index (χ2n) is 7.21. The molecule has 0 amide bonds. The van der Waals surface area contributed by atoms with Crippen LogP contribution in [0.3, 0.4) is 0 Å². The summed E-state index contributed by atoms with van der Waals surface area (Å²) in [4.78, 5) is 2.44. The summed E-state index contributed by atoms with van der Waals surface area (Å²) in [6, 6.07) is 20.6. The van der Waals surface area contributed by atoms with Gasteiger partial charge in [0, 0.05) is 31.4 Å². The monoisotopic (exact) mass is 338 g/mol. The molecule has 1 saturated carbocycles. The van der Waals surface area contributed by atoms with Gasteiger partial charge in [0.1, 0.15) is 18.5 Å². The standard InChI is InChI=1S/C21H26N2O2/c24-18(15-25-19-9-5-2-6-10-19)14-23-13-16-11-20(16)21(23)12-22-17-7-3-1-4-8-17/h1-10,16,18,20-22,24H,11-15H2. The highest BCUT2D eigenvalue weighted by Crippen LogP contribution is 2.49. The lowest BCUT2D eigenvalue weighted by atomic mass is 10.1. The summed E-state index contributed by atoms with van der Waals surface area (Å²) >= 11 is 0. The number of benzene rings is 2. The van der Waals surface area contributed by atoms with E-state index >= 15 is 0 Å². The van der Waals surface area contributed by atoms with Crippen LogP contribution in [0.2, 0.25) is 0 Å². The Bertz CT molecular complexity index is 664. The molecule has 0 aromatic heterocycles.